The van der Waals surface area contributed by atoms with E-state index >= 15 is 0 Å². The van der Waals surface area contributed by atoms with Crippen molar-refractivity contribution in [2.24, 2.45) is 0 Å². The number of amides is 1. The molecule has 1 saturated carbocycles. The Balaban J connectivity index is 1.60. The van der Waals surface area contributed by atoms with Gasteiger partial charge in [-0.1, -0.05) is 25.3 Å². The van der Waals surface area contributed by atoms with E-state index in [9.17, 15) is 4.79 Å². The van der Waals surface area contributed by atoms with E-state index < -0.39 is 0 Å². The van der Waals surface area contributed by atoms with Crippen LogP contribution in [0, 0.1) is 0 Å². The third-order valence-corrected chi connectivity index (χ3v) is 4.29. The third-order valence-electron chi connectivity index (χ3n) is 4.29. The van der Waals surface area contributed by atoms with Crippen molar-refractivity contribution in [1.82, 2.24) is 10.3 Å². The molecule has 0 saturated heterocycles. The maximum Gasteiger partial charge on any atom is 0.270 e. The first-order chi connectivity index (χ1) is 11.7. The van der Waals surface area contributed by atoms with Crippen molar-refractivity contribution in [2.75, 3.05) is 12.4 Å². The van der Waals surface area contributed by atoms with Gasteiger partial charge in [-0.2, -0.15) is 0 Å². The average Bonchev–Trinajstić information content (AvgIpc) is 2.63. The van der Waals surface area contributed by atoms with Crippen LogP contribution in [0.2, 0.25) is 0 Å². The Labute approximate surface area is 142 Å². The standard InChI is InChI=1S/C19H23N3O2/c1-24-17-9-5-8-15(12-17)21-16-10-11-18(20-13-16)19(23)22-14-6-3-2-4-7-14/h5,8-14,21H,2-4,6-7H2,1H3,(H,22,23). The monoisotopic (exact) mass is 325 g/mol. The average molecular weight is 325 g/mol. The van der Waals surface area contributed by atoms with Crippen molar-refractivity contribution in [3.8, 4) is 5.75 Å². The van der Waals surface area contributed by atoms with Crippen LogP contribution in [0.25, 0.3) is 0 Å². The number of anilines is 2. The summed E-state index contributed by atoms with van der Waals surface area (Å²) in [7, 11) is 1.64. The maximum atomic E-state index is 12.3. The Kier molecular flexibility index (Phi) is 5.31. The molecular weight excluding hydrogens is 302 g/mol. The second-order valence-corrected chi connectivity index (χ2v) is 6.10. The fourth-order valence-electron chi connectivity index (χ4n) is 2.98. The molecule has 1 aromatic carbocycles. The number of aromatic nitrogens is 1. The van der Waals surface area contributed by atoms with Gasteiger partial charge in [0.25, 0.3) is 5.91 Å². The van der Waals surface area contributed by atoms with Crippen molar-refractivity contribution < 1.29 is 9.53 Å². The molecule has 5 nitrogen and oxygen atoms in total. The molecule has 1 heterocycles. The van der Waals surface area contributed by atoms with Crippen LogP contribution in [0.4, 0.5) is 11.4 Å². The Morgan fingerprint density at radius 1 is 1.12 bits per heavy atom. The van der Waals surface area contributed by atoms with Gasteiger partial charge in [-0.25, -0.2) is 4.98 Å². The van der Waals surface area contributed by atoms with Crippen LogP contribution in [0.3, 0.4) is 0 Å². The van der Waals surface area contributed by atoms with E-state index in [1.807, 2.05) is 30.3 Å². The summed E-state index contributed by atoms with van der Waals surface area (Å²) >= 11 is 0. The number of rotatable bonds is 5. The van der Waals surface area contributed by atoms with Gasteiger partial charge in [-0.15, -0.1) is 0 Å². The predicted octanol–water partition coefficient (Wildman–Crippen LogP) is 3.90. The normalized spacial score (nSPS) is 14.9. The lowest BCUT2D eigenvalue weighted by atomic mass is 9.95. The lowest BCUT2D eigenvalue weighted by Gasteiger charge is -2.22. The Hall–Kier alpha value is -2.56. The number of nitrogens with one attached hydrogen (secondary N) is 2. The first-order valence-electron chi connectivity index (χ1n) is 8.42. The summed E-state index contributed by atoms with van der Waals surface area (Å²) in [6, 6.07) is 11.6. The van der Waals surface area contributed by atoms with E-state index in [1.165, 1.54) is 19.3 Å². The van der Waals surface area contributed by atoms with Crippen LogP contribution in [0.15, 0.2) is 42.6 Å². The van der Waals surface area contributed by atoms with Gasteiger partial charge in [0.15, 0.2) is 0 Å². The highest BCUT2D eigenvalue weighted by molar-refractivity contribution is 5.92. The number of methoxy groups -OCH3 is 1. The van der Waals surface area contributed by atoms with Crippen molar-refractivity contribution in [3.05, 3.63) is 48.3 Å². The minimum Gasteiger partial charge on any atom is -0.497 e. The van der Waals surface area contributed by atoms with Crippen molar-refractivity contribution in [2.45, 2.75) is 38.1 Å². The highest BCUT2D eigenvalue weighted by atomic mass is 16.5. The zero-order valence-electron chi connectivity index (χ0n) is 13.9. The van der Waals surface area contributed by atoms with Crippen molar-refractivity contribution >= 4 is 17.3 Å². The molecule has 2 N–H and O–H groups in total. The number of carbonyl (C=O) groups is 1. The zero-order chi connectivity index (χ0) is 16.8. The van der Waals surface area contributed by atoms with Gasteiger partial charge in [0.1, 0.15) is 11.4 Å². The summed E-state index contributed by atoms with van der Waals surface area (Å²) in [4.78, 5) is 16.5. The molecule has 0 unspecified atom stereocenters. The van der Waals surface area contributed by atoms with E-state index in [4.69, 9.17) is 4.74 Å². The van der Waals surface area contributed by atoms with Gasteiger partial charge in [0.2, 0.25) is 0 Å². The molecule has 0 radical (unpaired) electrons. The second kappa shape index (κ2) is 7.81. The van der Waals surface area contributed by atoms with Crippen LogP contribution in [-0.2, 0) is 0 Å². The molecule has 0 bridgehead atoms. The number of pyridine rings is 1. The highest BCUT2D eigenvalue weighted by Crippen LogP contribution is 2.21. The van der Waals surface area contributed by atoms with Crippen LogP contribution < -0.4 is 15.4 Å². The minimum absolute atomic E-state index is 0.0881. The number of benzene rings is 1. The topological polar surface area (TPSA) is 63.2 Å². The number of ether oxygens (including phenoxy) is 1. The molecule has 2 aromatic rings. The van der Waals surface area contributed by atoms with E-state index in [0.29, 0.717) is 11.7 Å². The first-order valence-corrected chi connectivity index (χ1v) is 8.42. The molecule has 1 aliphatic rings. The molecule has 1 amide bonds. The molecule has 0 aliphatic heterocycles. The quantitative estimate of drug-likeness (QED) is 0.875. The van der Waals surface area contributed by atoms with Gasteiger partial charge in [-0.05, 0) is 37.1 Å². The summed E-state index contributed by atoms with van der Waals surface area (Å²) in [5.41, 5.74) is 2.20. The summed E-state index contributed by atoms with van der Waals surface area (Å²) in [5.74, 6) is 0.700. The maximum absolute atomic E-state index is 12.3. The lowest BCUT2D eigenvalue weighted by molar-refractivity contribution is 0.0922. The van der Waals surface area contributed by atoms with Gasteiger partial charge < -0.3 is 15.4 Å². The number of nitrogens with zero attached hydrogens (tertiary/aromatic N) is 1. The van der Waals surface area contributed by atoms with E-state index in [2.05, 4.69) is 15.6 Å². The summed E-state index contributed by atoms with van der Waals surface area (Å²) in [6.45, 7) is 0. The predicted molar refractivity (Wildman–Crippen MR) is 94.9 cm³/mol. The van der Waals surface area contributed by atoms with Gasteiger partial charge in [0, 0.05) is 17.8 Å². The summed E-state index contributed by atoms with van der Waals surface area (Å²) < 4.78 is 5.21. The van der Waals surface area contributed by atoms with Crippen LogP contribution in [-0.4, -0.2) is 24.0 Å². The smallest absolute Gasteiger partial charge is 0.270 e. The Morgan fingerprint density at radius 2 is 1.96 bits per heavy atom. The molecule has 0 spiro atoms. The van der Waals surface area contributed by atoms with Crippen LogP contribution in [0.1, 0.15) is 42.6 Å². The van der Waals surface area contributed by atoms with Crippen molar-refractivity contribution in [1.29, 1.82) is 0 Å². The molecular formula is C19H23N3O2. The number of hydrogen-bond donors (Lipinski definition) is 2. The second-order valence-electron chi connectivity index (χ2n) is 6.10. The molecule has 3 rings (SSSR count). The minimum atomic E-state index is -0.0881. The summed E-state index contributed by atoms with van der Waals surface area (Å²) in [5, 5.41) is 6.33. The molecule has 1 fully saturated rings. The molecule has 1 aromatic heterocycles. The molecule has 126 valence electrons. The number of hydrogen-bond acceptors (Lipinski definition) is 4. The van der Waals surface area contributed by atoms with E-state index in [1.54, 1.807) is 19.4 Å². The van der Waals surface area contributed by atoms with Gasteiger partial charge in [0.05, 0.1) is 19.0 Å². The lowest BCUT2D eigenvalue weighted by Crippen LogP contribution is -2.36. The van der Waals surface area contributed by atoms with Gasteiger partial charge >= 0.3 is 0 Å². The SMILES string of the molecule is COc1cccc(Nc2ccc(C(=O)NC3CCCCC3)nc2)c1. The van der Waals surface area contributed by atoms with Crippen LogP contribution in [0.5, 0.6) is 5.75 Å². The molecule has 5 heteroatoms. The largest absolute Gasteiger partial charge is 0.497 e. The molecule has 24 heavy (non-hydrogen) atoms. The highest BCUT2D eigenvalue weighted by Gasteiger charge is 2.17. The fraction of sp³-hybridized carbons (Fsp3) is 0.368. The first kappa shape index (κ1) is 16.3. The van der Waals surface area contributed by atoms with E-state index in [0.717, 1.165) is 30.0 Å². The Bertz CT molecular complexity index is 679. The van der Waals surface area contributed by atoms with Crippen LogP contribution >= 0.6 is 0 Å². The number of carbonyl (C=O) groups excluding carboxylic acids is 1. The fourth-order valence-corrected chi connectivity index (χ4v) is 2.98. The Morgan fingerprint density at radius 3 is 2.67 bits per heavy atom. The van der Waals surface area contributed by atoms with Crippen molar-refractivity contribution in [3.63, 3.8) is 0 Å². The van der Waals surface area contributed by atoms with Gasteiger partial charge in [-0.3, -0.25) is 4.79 Å². The summed E-state index contributed by atoms with van der Waals surface area (Å²) in [6.07, 6.45) is 7.48. The van der Waals surface area contributed by atoms with E-state index in [-0.39, 0.29) is 5.91 Å². The molecule has 0 atom stereocenters. The molecule has 1 aliphatic carbocycles. The third kappa shape index (κ3) is 4.25. The zero-order valence-corrected chi connectivity index (χ0v) is 13.9.